The Kier molecular flexibility index (Phi) is 11.4. The Morgan fingerprint density at radius 2 is 1.30 bits per heavy atom. The molecule has 1 aromatic heterocycles. The fraction of sp³-hybridized carbons (Fsp3) is 0.364. The summed E-state index contributed by atoms with van der Waals surface area (Å²) in [5.74, 6) is -1.91. The second kappa shape index (κ2) is 15.0. The van der Waals surface area contributed by atoms with Crippen LogP contribution in [0.25, 0.3) is 0 Å². The molecule has 0 radical (unpaired) electrons. The van der Waals surface area contributed by atoms with Crippen LogP contribution in [0, 0.1) is 13.8 Å². The van der Waals surface area contributed by atoms with Crippen molar-refractivity contribution in [3.63, 3.8) is 0 Å². The zero-order chi connectivity index (χ0) is 32.4. The van der Waals surface area contributed by atoms with Gasteiger partial charge in [-0.25, -0.2) is 4.79 Å². The maximum absolute atomic E-state index is 13.8. The Morgan fingerprint density at radius 3 is 1.84 bits per heavy atom. The summed E-state index contributed by atoms with van der Waals surface area (Å²) in [6, 6.07) is 12.4. The number of nitrogens with two attached hydrogens (primary N) is 1. The minimum absolute atomic E-state index is 0.0601. The lowest BCUT2D eigenvalue weighted by atomic mass is 9.95. The summed E-state index contributed by atoms with van der Waals surface area (Å²) in [5.41, 5.74) is 8.52. The third-order valence-corrected chi connectivity index (χ3v) is 6.86. The van der Waals surface area contributed by atoms with Crippen molar-refractivity contribution >= 4 is 23.8 Å². The summed E-state index contributed by atoms with van der Waals surface area (Å²) < 4.78 is 5.41. The van der Waals surface area contributed by atoms with E-state index >= 15 is 0 Å². The van der Waals surface area contributed by atoms with Gasteiger partial charge in [-0.05, 0) is 86.7 Å². The first kappa shape index (κ1) is 33.6. The van der Waals surface area contributed by atoms with Gasteiger partial charge in [-0.3, -0.25) is 19.4 Å². The van der Waals surface area contributed by atoms with Gasteiger partial charge in [0.05, 0.1) is 0 Å². The standard InChI is InChI=1S/C33H41N5O6/c1-20-15-24(39)16-21(2)25(20)19-28(38-32(43)44-33(3,4)5)31(42)37-27(18-23-11-13-35-14-12-23)30(41)36-26(29(34)40)17-22-9-7-6-8-10-22/h6-16,26-28,39H,17-19H2,1-5H3,(H2,34,40)(H,36,41)(H,37,42)(H,38,43)/t26-,27-,28-/m0/s1. The molecule has 6 N–H and O–H groups in total. The fourth-order valence-corrected chi connectivity index (χ4v) is 4.74. The van der Waals surface area contributed by atoms with Gasteiger partial charge in [0, 0.05) is 31.7 Å². The zero-order valence-electron chi connectivity index (χ0n) is 25.7. The number of aromatic nitrogens is 1. The second-order valence-corrected chi connectivity index (χ2v) is 11.7. The molecule has 3 rings (SSSR count). The molecule has 44 heavy (non-hydrogen) atoms. The average Bonchev–Trinajstić information content (AvgIpc) is 2.93. The van der Waals surface area contributed by atoms with E-state index in [1.807, 2.05) is 30.3 Å². The highest BCUT2D eigenvalue weighted by molar-refractivity contribution is 5.94. The molecule has 0 aliphatic heterocycles. The number of ether oxygens (including phenoxy) is 1. The van der Waals surface area contributed by atoms with E-state index in [4.69, 9.17) is 10.5 Å². The summed E-state index contributed by atoms with van der Waals surface area (Å²) in [6.07, 6.45) is 2.63. The molecule has 0 saturated heterocycles. The molecule has 0 spiro atoms. The van der Waals surface area contributed by atoms with Crippen molar-refractivity contribution < 1.29 is 29.0 Å². The van der Waals surface area contributed by atoms with Crippen LogP contribution in [0.5, 0.6) is 5.75 Å². The number of benzene rings is 2. The quantitative estimate of drug-likeness (QED) is 0.212. The number of rotatable bonds is 12. The van der Waals surface area contributed by atoms with Gasteiger partial charge >= 0.3 is 6.09 Å². The van der Waals surface area contributed by atoms with Crippen molar-refractivity contribution in [2.75, 3.05) is 0 Å². The van der Waals surface area contributed by atoms with Crippen LogP contribution in [-0.2, 0) is 38.4 Å². The predicted molar refractivity (Wildman–Crippen MR) is 166 cm³/mol. The Bertz CT molecular complexity index is 1430. The number of hydrogen-bond acceptors (Lipinski definition) is 7. The number of carbonyl (C=O) groups excluding carboxylic acids is 4. The number of hydrogen-bond donors (Lipinski definition) is 5. The van der Waals surface area contributed by atoms with Crippen LogP contribution in [0.2, 0.25) is 0 Å². The SMILES string of the molecule is Cc1cc(O)cc(C)c1C[C@H](NC(=O)OC(C)(C)C)C(=O)N[C@@H](Cc1ccncc1)C(=O)N[C@@H](Cc1ccccc1)C(N)=O. The Balaban J connectivity index is 1.90. The molecule has 0 aliphatic carbocycles. The molecular formula is C33H41N5O6. The maximum Gasteiger partial charge on any atom is 0.408 e. The molecule has 0 unspecified atom stereocenters. The monoisotopic (exact) mass is 603 g/mol. The van der Waals surface area contributed by atoms with Gasteiger partial charge in [0.2, 0.25) is 17.7 Å². The number of aryl methyl sites for hydroxylation is 2. The predicted octanol–water partition coefficient (Wildman–Crippen LogP) is 2.78. The molecule has 3 atom stereocenters. The van der Waals surface area contributed by atoms with Crippen LogP contribution in [0.3, 0.4) is 0 Å². The highest BCUT2D eigenvalue weighted by atomic mass is 16.6. The maximum atomic E-state index is 13.8. The number of pyridine rings is 1. The van der Waals surface area contributed by atoms with Gasteiger partial charge in [0.25, 0.3) is 0 Å². The first-order valence-corrected chi connectivity index (χ1v) is 14.3. The van der Waals surface area contributed by atoms with Gasteiger partial charge in [-0.2, -0.15) is 0 Å². The van der Waals surface area contributed by atoms with Crippen molar-refractivity contribution in [1.29, 1.82) is 0 Å². The van der Waals surface area contributed by atoms with E-state index < -0.39 is 47.5 Å². The number of nitrogens with zero attached hydrogens (tertiary/aromatic N) is 1. The zero-order valence-corrected chi connectivity index (χ0v) is 25.7. The number of phenols is 1. The Labute approximate surface area is 257 Å². The first-order chi connectivity index (χ1) is 20.7. The number of phenolic OH excluding ortho intramolecular Hbond substituents is 1. The third-order valence-electron chi connectivity index (χ3n) is 6.86. The van der Waals surface area contributed by atoms with E-state index in [2.05, 4.69) is 20.9 Å². The molecule has 11 nitrogen and oxygen atoms in total. The Hall–Kier alpha value is -4.93. The number of primary amides is 1. The molecule has 0 saturated carbocycles. The van der Waals surface area contributed by atoms with E-state index in [1.165, 1.54) is 0 Å². The molecule has 3 aromatic rings. The van der Waals surface area contributed by atoms with Gasteiger partial charge in [0.1, 0.15) is 29.5 Å². The largest absolute Gasteiger partial charge is 0.508 e. The van der Waals surface area contributed by atoms with E-state index in [0.717, 1.165) is 22.3 Å². The molecule has 0 fully saturated rings. The van der Waals surface area contributed by atoms with E-state index in [0.29, 0.717) is 5.56 Å². The molecule has 0 aliphatic rings. The van der Waals surface area contributed by atoms with Crippen LogP contribution in [-0.4, -0.2) is 57.6 Å². The molecule has 11 heteroatoms. The summed E-state index contributed by atoms with van der Waals surface area (Å²) in [7, 11) is 0. The average molecular weight is 604 g/mol. The fourth-order valence-electron chi connectivity index (χ4n) is 4.74. The van der Waals surface area contributed by atoms with Crippen LogP contribution in [0.4, 0.5) is 4.79 Å². The van der Waals surface area contributed by atoms with Crippen molar-refractivity contribution in [2.24, 2.45) is 5.73 Å². The van der Waals surface area contributed by atoms with E-state index in [9.17, 15) is 24.3 Å². The number of aromatic hydroxyl groups is 1. The lowest BCUT2D eigenvalue weighted by molar-refractivity contribution is -0.132. The van der Waals surface area contributed by atoms with Crippen molar-refractivity contribution in [3.05, 3.63) is 94.8 Å². The van der Waals surface area contributed by atoms with Crippen LogP contribution >= 0.6 is 0 Å². The summed E-state index contributed by atoms with van der Waals surface area (Å²) in [4.78, 5) is 56.6. The topological polar surface area (TPSA) is 173 Å². The van der Waals surface area contributed by atoms with Crippen LogP contribution in [0.1, 0.15) is 48.6 Å². The van der Waals surface area contributed by atoms with Gasteiger partial charge in [-0.1, -0.05) is 30.3 Å². The van der Waals surface area contributed by atoms with Gasteiger partial charge < -0.3 is 31.5 Å². The molecule has 1 heterocycles. The molecular weight excluding hydrogens is 562 g/mol. The van der Waals surface area contributed by atoms with Crippen molar-refractivity contribution in [2.45, 2.75) is 77.6 Å². The molecule has 4 amide bonds. The number of amides is 4. The third kappa shape index (κ3) is 10.4. The number of alkyl carbamates (subject to hydrolysis) is 1. The molecule has 2 aromatic carbocycles. The smallest absolute Gasteiger partial charge is 0.408 e. The van der Waals surface area contributed by atoms with Gasteiger partial charge in [0.15, 0.2) is 0 Å². The van der Waals surface area contributed by atoms with Crippen molar-refractivity contribution in [1.82, 2.24) is 20.9 Å². The molecule has 0 bridgehead atoms. The Morgan fingerprint density at radius 1 is 0.795 bits per heavy atom. The minimum atomic E-state index is -1.14. The lowest BCUT2D eigenvalue weighted by Crippen LogP contribution is -2.58. The second-order valence-electron chi connectivity index (χ2n) is 11.7. The number of carbonyl (C=O) groups is 4. The van der Waals surface area contributed by atoms with Crippen LogP contribution < -0.4 is 21.7 Å². The van der Waals surface area contributed by atoms with E-state index in [1.54, 1.807) is 71.3 Å². The number of nitrogens with one attached hydrogen (secondary N) is 3. The first-order valence-electron chi connectivity index (χ1n) is 14.3. The lowest BCUT2D eigenvalue weighted by Gasteiger charge is -2.27. The normalized spacial score (nSPS) is 13.2. The minimum Gasteiger partial charge on any atom is -0.508 e. The van der Waals surface area contributed by atoms with Gasteiger partial charge in [-0.15, -0.1) is 0 Å². The summed E-state index contributed by atoms with van der Waals surface area (Å²) in [5, 5.41) is 18.1. The van der Waals surface area contributed by atoms with E-state index in [-0.39, 0.29) is 25.0 Å². The summed E-state index contributed by atoms with van der Waals surface area (Å²) >= 11 is 0. The molecule has 234 valence electrons. The summed E-state index contributed by atoms with van der Waals surface area (Å²) in [6.45, 7) is 8.70. The highest BCUT2D eigenvalue weighted by Crippen LogP contribution is 2.22. The highest BCUT2D eigenvalue weighted by Gasteiger charge is 2.31. The van der Waals surface area contributed by atoms with Crippen LogP contribution in [0.15, 0.2) is 67.0 Å². The van der Waals surface area contributed by atoms with Crippen molar-refractivity contribution in [3.8, 4) is 5.75 Å².